The van der Waals surface area contributed by atoms with Crippen molar-refractivity contribution in [3.63, 3.8) is 0 Å². The van der Waals surface area contributed by atoms with Gasteiger partial charge in [-0.25, -0.2) is 0 Å². The van der Waals surface area contributed by atoms with Gasteiger partial charge in [-0.2, -0.15) is 0 Å². The highest BCUT2D eigenvalue weighted by atomic mass is 16.4. The minimum Gasteiger partial charge on any atom is -0.481 e. The molecule has 1 aliphatic rings. The van der Waals surface area contributed by atoms with Crippen LogP contribution in [0, 0.1) is 11.8 Å². The van der Waals surface area contributed by atoms with Gasteiger partial charge in [-0.1, -0.05) is 13.8 Å². The number of carboxylic acid groups (broad SMARTS) is 1. The molecule has 2 unspecified atom stereocenters. The third kappa shape index (κ3) is 3.41. The Kier molecular flexibility index (Phi) is 4.43. The SMILES string of the molecule is CC(CCCN1C(=O)C=CC1=O)C(C)C(=O)O. The number of rotatable bonds is 6. The maximum atomic E-state index is 11.2. The van der Waals surface area contributed by atoms with Crippen molar-refractivity contribution in [2.24, 2.45) is 11.8 Å². The molecular formula is C12H17NO4. The van der Waals surface area contributed by atoms with E-state index >= 15 is 0 Å². The molecule has 0 fully saturated rings. The Hall–Kier alpha value is -1.65. The molecule has 0 aliphatic carbocycles. The fourth-order valence-corrected chi connectivity index (χ4v) is 1.72. The van der Waals surface area contributed by atoms with Crippen LogP contribution in [0.15, 0.2) is 12.2 Å². The molecule has 1 aliphatic heterocycles. The van der Waals surface area contributed by atoms with Gasteiger partial charge in [-0.05, 0) is 18.8 Å². The number of carbonyl (C=O) groups is 3. The second kappa shape index (κ2) is 5.61. The van der Waals surface area contributed by atoms with Crippen LogP contribution >= 0.6 is 0 Å². The lowest BCUT2D eigenvalue weighted by Gasteiger charge is -2.18. The summed E-state index contributed by atoms with van der Waals surface area (Å²) >= 11 is 0. The van der Waals surface area contributed by atoms with Crippen LogP contribution in [0.3, 0.4) is 0 Å². The first-order chi connectivity index (χ1) is 7.93. The number of hydrogen-bond acceptors (Lipinski definition) is 3. The lowest BCUT2D eigenvalue weighted by molar-refractivity contribution is -0.143. The summed E-state index contributed by atoms with van der Waals surface area (Å²) in [4.78, 5) is 34.4. The van der Waals surface area contributed by atoms with E-state index < -0.39 is 11.9 Å². The second-order valence-electron chi connectivity index (χ2n) is 4.41. The quantitative estimate of drug-likeness (QED) is 0.703. The summed E-state index contributed by atoms with van der Waals surface area (Å²) in [7, 11) is 0. The summed E-state index contributed by atoms with van der Waals surface area (Å²) in [5.41, 5.74) is 0. The summed E-state index contributed by atoms with van der Waals surface area (Å²) in [5.74, 6) is -1.75. The molecule has 0 bridgehead atoms. The van der Waals surface area contributed by atoms with Gasteiger partial charge in [0.05, 0.1) is 5.92 Å². The highest BCUT2D eigenvalue weighted by Crippen LogP contribution is 2.18. The van der Waals surface area contributed by atoms with E-state index in [1.54, 1.807) is 6.92 Å². The zero-order valence-electron chi connectivity index (χ0n) is 10.0. The van der Waals surface area contributed by atoms with Gasteiger partial charge in [0, 0.05) is 18.7 Å². The number of aliphatic carboxylic acids is 1. The lowest BCUT2D eigenvalue weighted by Crippen LogP contribution is -2.31. The number of amides is 2. The molecule has 1 rings (SSSR count). The Bertz CT molecular complexity index is 344. The van der Waals surface area contributed by atoms with Gasteiger partial charge in [-0.3, -0.25) is 19.3 Å². The minimum atomic E-state index is -0.813. The maximum absolute atomic E-state index is 11.2. The molecule has 2 atom stereocenters. The van der Waals surface area contributed by atoms with E-state index in [2.05, 4.69) is 0 Å². The Morgan fingerprint density at radius 2 is 1.82 bits per heavy atom. The molecule has 1 heterocycles. The van der Waals surface area contributed by atoms with Crippen molar-refractivity contribution in [2.75, 3.05) is 6.54 Å². The molecule has 0 aromatic carbocycles. The van der Waals surface area contributed by atoms with Gasteiger partial charge >= 0.3 is 5.97 Å². The molecule has 5 nitrogen and oxygen atoms in total. The van der Waals surface area contributed by atoms with Crippen molar-refractivity contribution >= 4 is 17.8 Å². The molecule has 0 aromatic heterocycles. The van der Waals surface area contributed by atoms with Crippen LogP contribution in [-0.2, 0) is 14.4 Å². The highest BCUT2D eigenvalue weighted by molar-refractivity contribution is 6.12. The standard InChI is InChI=1S/C12H17NO4/c1-8(9(2)12(16)17)4-3-7-13-10(14)5-6-11(13)15/h5-6,8-9H,3-4,7H2,1-2H3,(H,16,17). The monoisotopic (exact) mass is 239 g/mol. The molecule has 0 spiro atoms. The maximum Gasteiger partial charge on any atom is 0.306 e. The van der Waals surface area contributed by atoms with Gasteiger partial charge in [-0.15, -0.1) is 0 Å². The average molecular weight is 239 g/mol. The number of carbonyl (C=O) groups excluding carboxylic acids is 2. The van der Waals surface area contributed by atoms with Crippen LogP contribution in [0.25, 0.3) is 0 Å². The van der Waals surface area contributed by atoms with Gasteiger partial charge in [0.2, 0.25) is 0 Å². The molecule has 0 saturated heterocycles. The van der Waals surface area contributed by atoms with Crippen molar-refractivity contribution in [1.82, 2.24) is 4.90 Å². The Morgan fingerprint density at radius 3 is 2.29 bits per heavy atom. The fourth-order valence-electron chi connectivity index (χ4n) is 1.72. The lowest BCUT2D eigenvalue weighted by atomic mass is 9.92. The van der Waals surface area contributed by atoms with Gasteiger partial charge in [0.25, 0.3) is 11.8 Å². The fraction of sp³-hybridized carbons (Fsp3) is 0.583. The van der Waals surface area contributed by atoms with Gasteiger partial charge in [0.1, 0.15) is 0 Å². The van der Waals surface area contributed by atoms with Crippen LogP contribution in [0.1, 0.15) is 26.7 Å². The smallest absolute Gasteiger partial charge is 0.306 e. The molecule has 0 saturated carbocycles. The summed E-state index contributed by atoms with van der Waals surface area (Å²) in [5, 5.41) is 8.82. The third-order valence-corrected chi connectivity index (χ3v) is 3.18. The molecular weight excluding hydrogens is 222 g/mol. The molecule has 5 heteroatoms. The molecule has 2 amide bonds. The van der Waals surface area contributed by atoms with Gasteiger partial charge < -0.3 is 5.11 Å². The normalized spacial score (nSPS) is 18.6. The first-order valence-corrected chi connectivity index (χ1v) is 5.70. The van der Waals surface area contributed by atoms with E-state index in [0.717, 1.165) is 0 Å². The molecule has 1 N–H and O–H groups in total. The predicted octanol–water partition coefficient (Wildman–Crippen LogP) is 1.05. The highest BCUT2D eigenvalue weighted by Gasteiger charge is 2.24. The van der Waals surface area contributed by atoms with Crippen molar-refractivity contribution in [1.29, 1.82) is 0 Å². The van der Waals surface area contributed by atoms with E-state index in [0.29, 0.717) is 19.4 Å². The largest absolute Gasteiger partial charge is 0.481 e. The van der Waals surface area contributed by atoms with Crippen LogP contribution in [0.2, 0.25) is 0 Å². The zero-order chi connectivity index (χ0) is 13.0. The third-order valence-electron chi connectivity index (χ3n) is 3.18. The van der Waals surface area contributed by atoms with Crippen molar-refractivity contribution < 1.29 is 19.5 Å². The summed E-state index contributed by atoms with van der Waals surface area (Å²) in [6, 6.07) is 0. The van der Waals surface area contributed by atoms with E-state index in [9.17, 15) is 14.4 Å². The first kappa shape index (κ1) is 13.4. The predicted molar refractivity (Wildman–Crippen MR) is 61.1 cm³/mol. The van der Waals surface area contributed by atoms with Gasteiger partial charge in [0.15, 0.2) is 0 Å². The molecule has 17 heavy (non-hydrogen) atoms. The number of hydrogen-bond donors (Lipinski definition) is 1. The number of carboxylic acids is 1. The number of imide groups is 1. The van der Waals surface area contributed by atoms with Crippen molar-refractivity contribution in [3.8, 4) is 0 Å². The Balaban J connectivity index is 2.31. The zero-order valence-corrected chi connectivity index (χ0v) is 10.0. The molecule has 94 valence electrons. The van der Waals surface area contributed by atoms with Crippen molar-refractivity contribution in [2.45, 2.75) is 26.7 Å². The summed E-state index contributed by atoms with van der Waals surface area (Å²) in [6.45, 7) is 3.90. The summed E-state index contributed by atoms with van der Waals surface area (Å²) < 4.78 is 0. The minimum absolute atomic E-state index is 0.0354. The van der Waals surface area contributed by atoms with E-state index in [1.807, 2.05) is 6.92 Å². The first-order valence-electron chi connectivity index (χ1n) is 5.70. The Morgan fingerprint density at radius 1 is 1.29 bits per heavy atom. The van der Waals surface area contributed by atoms with Crippen molar-refractivity contribution in [3.05, 3.63) is 12.2 Å². The topological polar surface area (TPSA) is 74.7 Å². The van der Waals surface area contributed by atoms with Crippen LogP contribution < -0.4 is 0 Å². The van der Waals surface area contributed by atoms with Crippen LogP contribution in [0.4, 0.5) is 0 Å². The molecule has 0 aromatic rings. The summed E-state index contributed by atoms with van der Waals surface area (Å²) in [6.07, 6.45) is 3.83. The van der Waals surface area contributed by atoms with E-state index in [4.69, 9.17) is 5.11 Å². The van der Waals surface area contributed by atoms with E-state index in [-0.39, 0.29) is 17.7 Å². The van der Waals surface area contributed by atoms with Crippen LogP contribution in [0.5, 0.6) is 0 Å². The second-order valence-corrected chi connectivity index (χ2v) is 4.41. The Labute approximate surface area is 100 Å². The average Bonchev–Trinajstić information content (AvgIpc) is 2.59. The van der Waals surface area contributed by atoms with E-state index in [1.165, 1.54) is 17.1 Å². The number of nitrogens with zero attached hydrogens (tertiary/aromatic N) is 1. The molecule has 0 radical (unpaired) electrons. The van der Waals surface area contributed by atoms with Crippen LogP contribution in [-0.4, -0.2) is 34.3 Å².